The van der Waals surface area contributed by atoms with Crippen molar-refractivity contribution < 1.29 is 18.3 Å². The fourth-order valence-corrected chi connectivity index (χ4v) is 3.44. The van der Waals surface area contributed by atoms with Gasteiger partial charge in [-0.25, -0.2) is 4.52 Å². The highest BCUT2D eigenvalue weighted by Gasteiger charge is 2.34. The molecule has 0 fully saturated rings. The van der Waals surface area contributed by atoms with E-state index in [1.807, 2.05) is 0 Å². The number of aryl methyl sites for hydroxylation is 1. The summed E-state index contributed by atoms with van der Waals surface area (Å²) in [7, 11) is 0. The Morgan fingerprint density at radius 3 is 2.54 bits per heavy atom. The quantitative estimate of drug-likeness (QED) is 0.583. The van der Waals surface area contributed by atoms with Crippen molar-refractivity contribution in [3.63, 3.8) is 0 Å². The number of aromatic nitrogens is 3. The molecule has 0 aliphatic rings. The zero-order valence-electron chi connectivity index (χ0n) is 14.8. The van der Waals surface area contributed by atoms with Crippen molar-refractivity contribution in [1.82, 2.24) is 14.2 Å². The van der Waals surface area contributed by atoms with Gasteiger partial charge in [-0.1, -0.05) is 30.3 Å². The maximum absolute atomic E-state index is 13.3. The highest BCUT2D eigenvalue weighted by Crippen LogP contribution is 2.35. The molecule has 2 aromatic carbocycles. The standard InChI is InChI=1S/C20H16F3N3O2/c1-12-10-18-25(19(28)14-7-3-5-9-16(14)26(18)24-12)11-17(27)13-6-2-4-8-15(13)20(21,22)23/h2-10,17,27H,11H2,1H3. The Hall–Kier alpha value is -3.13. The maximum atomic E-state index is 13.3. The highest BCUT2D eigenvalue weighted by molar-refractivity contribution is 5.80. The molecule has 1 N–H and O–H groups in total. The van der Waals surface area contributed by atoms with Gasteiger partial charge >= 0.3 is 6.18 Å². The Labute approximate surface area is 157 Å². The molecule has 2 heterocycles. The number of nitrogens with zero attached hydrogens (tertiary/aromatic N) is 3. The Kier molecular flexibility index (Phi) is 4.23. The van der Waals surface area contributed by atoms with E-state index in [4.69, 9.17) is 0 Å². The van der Waals surface area contributed by atoms with E-state index in [1.165, 1.54) is 22.8 Å². The molecule has 0 bridgehead atoms. The predicted octanol–water partition coefficient (Wildman–Crippen LogP) is 3.71. The Bertz CT molecular complexity index is 1240. The van der Waals surface area contributed by atoms with E-state index in [0.29, 0.717) is 22.2 Å². The third kappa shape index (κ3) is 2.95. The van der Waals surface area contributed by atoms with E-state index >= 15 is 0 Å². The van der Waals surface area contributed by atoms with E-state index in [1.54, 1.807) is 41.8 Å². The van der Waals surface area contributed by atoms with Gasteiger partial charge in [0.25, 0.3) is 5.56 Å². The number of halogens is 3. The molecule has 0 radical (unpaired) electrons. The van der Waals surface area contributed by atoms with Crippen molar-refractivity contribution in [1.29, 1.82) is 0 Å². The van der Waals surface area contributed by atoms with Gasteiger partial charge in [-0.15, -0.1) is 0 Å². The summed E-state index contributed by atoms with van der Waals surface area (Å²) in [5.41, 5.74) is 0.0597. The lowest BCUT2D eigenvalue weighted by Gasteiger charge is -2.19. The number of hydrogen-bond donors (Lipinski definition) is 1. The minimum absolute atomic E-state index is 0.274. The summed E-state index contributed by atoms with van der Waals surface area (Å²) in [5, 5.41) is 15.3. The van der Waals surface area contributed by atoms with Gasteiger partial charge in [0.2, 0.25) is 0 Å². The zero-order chi connectivity index (χ0) is 20.1. The molecule has 0 saturated carbocycles. The molecule has 0 aliphatic carbocycles. The van der Waals surface area contributed by atoms with Crippen molar-refractivity contribution in [3.05, 3.63) is 81.8 Å². The third-order valence-corrected chi connectivity index (χ3v) is 4.68. The summed E-state index contributed by atoms with van der Waals surface area (Å²) in [6, 6.07) is 13.3. The molecule has 0 saturated heterocycles. The van der Waals surface area contributed by atoms with Gasteiger partial charge < -0.3 is 5.11 Å². The summed E-state index contributed by atoms with van der Waals surface area (Å²) in [5.74, 6) is 0. The first-order valence-electron chi connectivity index (χ1n) is 8.59. The van der Waals surface area contributed by atoms with Crippen LogP contribution in [0.4, 0.5) is 13.2 Å². The van der Waals surface area contributed by atoms with Crippen molar-refractivity contribution in [2.24, 2.45) is 0 Å². The van der Waals surface area contributed by atoms with Crippen molar-refractivity contribution in [2.75, 3.05) is 0 Å². The highest BCUT2D eigenvalue weighted by atomic mass is 19.4. The molecule has 5 nitrogen and oxygen atoms in total. The molecule has 144 valence electrons. The maximum Gasteiger partial charge on any atom is 0.416 e. The van der Waals surface area contributed by atoms with Crippen LogP contribution in [0.3, 0.4) is 0 Å². The normalized spacial score (nSPS) is 13.3. The summed E-state index contributed by atoms with van der Waals surface area (Å²) in [4.78, 5) is 13.0. The molecule has 2 aromatic heterocycles. The van der Waals surface area contributed by atoms with Gasteiger partial charge in [0.1, 0.15) is 5.65 Å². The molecule has 28 heavy (non-hydrogen) atoms. The minimum atomic E-state index is -4.60. The first kappa shape index (κ1) is 18.2. The lowest BCUT2D eigenvalue weighted by atomic mass is 10.0. The van der Waals surface area contributed by atoms with E-state index in [0.717, 1.165) is 6.07 Å². The van der Waals surface area contributed by atoms with Crippen molar-refractivity contribution >= 4 is 16.6 Å². The van der Waals surface area contributed by atoms with Crippen LogP contribution >= 0.6 is 0 Å². The van der Waals surface area contributed by atoms with Crippen molar-refractivity contribution in [3.8, 4) is 0 Å². The number of aliphatic hydroxyl groups is 1. The lowest BCUT2D eigenvalue weighted by molar-refractivity contribution is -0.139. The number of alkyl halides is 3. The van der Waals surface area contributed by atoms with Gasteiger partial charge in [-0.3, -0.25) is 9.36 Å². The van der Waals surface area contributed by atoms with E-state index in [9.17, 15) is 23.1 Å². The molecule has 0 amide bonds. The Morgan fingerprint density at radius 2 is 1.79 bits per heavy atom. The SMILES string of the molecule is Cc1cc2n(CC(O)c3ccccc3C(F)(F)F)c(=O)c3ccccc3n2n1. The van der Waals surface area contributed by atoms with Crippen LogP contribution in [0.5, 0.6) is 0 Å². The number of hydrogen-bond acceptors (Lipinski definition) is 3. The number of benzene rings is 2. The van der Waals surface area contributed by atoms with Crippen LogP contribution in [0, 0.1) is 6.92 Å². The third-order valence-electron chi connectivity index (χ3n) is 4.68. The number of aliphatic hydroxyl groups excluding tert-OH is 1. The molecule has 0 spiro atoms. The van der Waals surface area contributed by atoms with E-state index in [-0.39, 0.29) is 12.1 Å². The average molecular weight is 387 g/mol. The largest absolute Gasteiger partial charge is 0.416 e. The van der Waals surface area contributed by atoms with Crippen LogP contribution in [-0.2, 0) is 12.7 Å². The monoisotopic (exact) mass is 387 g/mol. The van der Waals surface area contributed by atoms with Gasteiger partial charge in [-0.05, 0) is 30.7 Å². The van der Waals surface area contributed by atoms with Crippen LogP contribution in [0.15, 0.2) is 59.4 Å². The summed E-state index contributed by atoms with van der Waals surface area (Å²) >= 11 is 0. The fraction of sp³-hybridized carbons (Fsp3) is 0.200. The average Bonchev–Trinajstić information content (AvgIpc) is 3.06. The predicted molar refractivity (Wildman–Crippen MR) is 98.1 cm³/mol. The molecule has 1 unspecified atom stereocenters. The minimum Gasteiger partial charge on any atom is -0.387 e. The van der Waals surface area contributed by atoms with Crippen LogP contribution < -0.4 is 5.56 Å². The zero-order valence-corrected chi connectivity index (χ0v) is 14.8. The van der Waals surface area contributed by atoms with Crippen LogP contribution in [0.1, 0.15) is 22.9 Å². The second-order valence-electron chi connectivity index (χ2n) is 6.59. The second kappa shape index (κ2) is 6.49. The molecule has 8 heteroatoms. The van der Waals surface area contributed by atoms with Gasteiger partial charge in [0.15, 0.2) is 0 Å². The molecule has 1 atom stereocenters. The number of para-hydroxylation sites is 1. The fourth-order valence-electron chi connectivity index (χ4n) is 3.44. The molecular formula is C20H16F3N3O2. The first-order valence-corrected chi connectivity index (χ1v) is 8.59. The number of rotatable bonds is 3. The van der Waals surface area contributed by atoms with Crippen molar-refractivity contribution in [2.45, 2.75) is 25.7 Å². The van der Waals surface area contributed by atoms with Gasteiger partial charge in [-0.2, -0.15) is 18.3 Å². The van der Waals surface area contributed by atoms with E-state index in [2.05, 4.69) is 5.10 Å². The smallest absolute Gasteiger partial charge is 0.387 e. The Balaban J connectivity index is 1.89. The second-order valence-corrected chi connectivity index (χ2v) is 6.59. The van der Waals surface area contributed by atoms with Crippen LogP contribution in [-0.4, -0.2) is 19.3 Å². The Morgan fingerprint density at radius 1 is 1.11 bits per heavy atom. The van der Waals surface area contributed by atoms with Crippen LogP contribution in [0.25, 0.3) is 16.6 Å². The lowest BCUT2D eigenvalue weighted by Crippen LogP contribution is -2.26. The van der Waals surface area contributed by atoms with E-state index < -0.39 is 23.4 Å². The summed E-state index contributed by atoms with van der Waals surface area (Å²) in [6.07, 6.45) is -6.12. The molecule has 4 rings (SSSR count). The van der Waals surface area contributed by atoms with Gasteiger partial charge in [0.05, 0.1) is 34.8 Å². The summed E-state index contributed by atoms with van der Waals surface area (Å²) < 4.78 is 42.7. The van der Waals surface area contributed by atoms with Crippen LogP contribution in [0.2, 0.25) is 0 Å². The summed E-state index contributed by atoms with van der Waals surface area (Å²) in [6.45, 7) is 1.43. The molecule has 4 aromatic rings. The molecular weight excluding hydrogens is 371 g/mol. The number of fused-ring (bicyclic) bond motifs is 3. The topological polar surface area (TPSA) is 59.5 Å². The molecule has 0 aliphatic heterocycles. The van der Waals surface area contributed by atoms with Gasteiger partial charge in [0, 0.05) is 6.07 Å². The first-order chi connectivity index (χ1) is 13.3.